The smallest absolute Gasteiger partial charge is 0.408 e. The van der Waals surface area contributed by atoms with Gasteiger partial charge in [0.1, 0.15) is 11.4 Å². The Kier molecular flexibility index (Phi) is 4.28. The number of aromatic nitrogens is 5. The summed E-state index contributed by atoms with van der Waals surface area (Å²) in [6.07, 6.45) is 2.27. The van der Waals surface area contributed by atoms with Crippen LogP contribution in [0.2, 0.25) is 0 Å². The molecule has 4 heterocycles. The SMILES string of the molecule is Cc1cc(Nc2nc(N3CC4C[C@@]4(NC(=O)OC(C)(C)C)C3)nc3ncccc23)n[nH]1. The fourth-order valence-electron chi connectivity index (χ4n) is 4.13. The van der Waals surface area contributed by atoms with Crippen LogP contribution in [-0.4, -0.2) is 55.5 Å². The molecule has 1 saturated heterocycles. The number of amides is 1. The predicted molar refractivity (Wildman–Crippen MR) is 116 cm³/mol. The van der Waals surface area contributed by atoms with Gasteiger partial charge in [-0.15, -0.1) is 0 Å². The molecule has 5 rings (SSSR count). The number of alkyl carbamates (subject to hydrolysis) is 1. The maximum Gasteiger partial charge on any atom is 0.408 e. The van der Waals surface area contributed by atoms with Gasteiger partial charge in [0.2, 0.25) is 5.95 Å². The fraction of sp³-hybridized carbons (Fsp3) is 0.476. The van der Waals surface area contributed by atoms with Crippen molar-refractivity contribution in [3.05, 3.63) is 30.1 Å². The van der Waals surface area contributed by atoms with Gasteiger partial charge in [0.15, 0.2) is 11.5 Å². The van der Waals surface area contributed by atoms with E-state index in [1.54, 1.807) is 6.20 Å². The van der Waals surface area contributed by atoms with Gasteiger partial charge < -0.3 is 20.3 Å². The molecule has 2 aliphatic rings. The van der Waals surface area contributed by atoms with E-state index in [4.69, 9.17) is 9.72 Å². The van der Waals surface area contributed by atoms with E-state index in [-0.39, 0.29) is 11.6 Å². The number of ether oxygens (including phenoxy) is 1. The van der Waals surface area contributed by atoms with Crippen molar-refractivity contribution in [1.29, 1.82) is 0 Å². The number of anilines is 3. The summed E-state index contributed by atoms with van der Waals surface area (Å²) in [5, 5.41) is 14.3. The molecule has 0 radical (unpaired) electrons. The van der Waals surface area contributed by atoms with Crippen molar-refractivity contribution >= 4 is 34.7 Å². The van der Waals surface area contributed by atoms with Crippen molar-refractivity contribution in [2.45, 2.75) is 45.3 Å². The maximum absolute atomic E-state index is 12.3. The van der Waals surface area contributed by atoms with Gasteiger partial charge in [-0.2, -0.15) is 15.1 Å². The third-order valence-corrected chi connectivity index (χ3v) is 5.59. The summed E-state index contributed by atoms with van der Waals surface area (Å²) in [5.74, 6) is 2.26. The predicted octanol–water partition coefficient (Wildman–Crippen LogP) is 2.90. The number of fused-ring (bicyclic) bond motifs is 2. The lowest BCUT2D eigenvalue weighted by Crippen LogP contribution is -2.44. The van der Waals surface area contributed by atoms with Crippen molar-refractivity contribution in [3.8, 4) is 0 Å². The summed E-state index contributed by atoms with van der Waals surface area (Å²) in [4.78, 5) is 28.3. The minimum absolute atomic E-state index is 0.280. The van der Waals surface area contributed by atoms with Crippen molar-refractivity contribution < 1.29 is 9.53 Å². The summed E-state index contributed by atoms with van der Waals surface area (Å²) in [6.45, 7) is 8.94. The Morgan fingerprint density at radius 2 is 2.19 bits per heavy atom. The zero-order valence-corrected chi connectivity index (χ0v) is 18.1. The van der Waals surface area contributed by atoms with Crippen LogP contribution in [0.25, 0.3) is 11.0 Å². The molecule has 1 amide bonds. The van der Waals surface area contributed by atoms with E-state index in [0.29, 0.717) is 35.7 Å². The summed E-state index contributed by atoms with van der Waals surface area (Å²) in [5.41, 5.74) is 0.755. The van der Waals surface area contributed by atoms with Crippen LogP contribution < -0.4 is 15.5 Å². The van der Waals surface area contributed by atoms with Crippen LogP contribution in [0.3, 0.4) is 0 Å². The lowest BCUT2D eigenvalue weighted by Gasteiger charge is -2.24. The van der Waals surface area contributed by atoms with Gasteiger partial charge in [0.25, 0.3) is 0 Å². The molecule has 0 bridgehead atoms. The first-order chi connectivity index (χ1) is 14.7. The van der Waals surface area contributed by atoms with Crippen LogP contribution in [-0.2, 0) is 4.74 Å². The average molecular weight is 422 g/mol. The molecule has 3 aromatic heterocycles. The summed E-state index contributed by atoms with van der Waals surface area (Å²) >= 11 is 0. The Morgan fingerprint density at radius 1 is 1.35 bits per heavy atom. The molecule has 10 heteroatoms. The number of hydrogen-bond acceptors (Lipinski definition) is 8. The van der Waals surface area contributed by atoms with Gasteiger partial charge in [-0.25, -0.2) is 9.78 Å². The van der Waals surface area contributed by atoms with Crippen LogP contribution in [0.4, 0.5) is 22.4 Å². The van der Waals surface area contributed by atoms with E-state index in [1.165, 1.54) is 0 Å². The first kappa shape index (κ1) is 19.5. The van der Waals surface area contributed by atoms with Crippen LogP contribution in [0.1, 0.15) is 32.9 Å². The number of nitrogens with zero attached hydrogens (tertiary/aromatic N) is 5. The third kappa shape index (κ3) is 3.85. The zero-order chi connectivity index (χ0) is 21.8. The van der Waals surface area contributed by atoms with E-state index in [0.717, 1.165) is 24.0 Å². The van der Waals surface area contributed by atoms with Gasteiger partial charge in [-0.3, -0.25) is 5.10 Å². The molecule has 1 aliphatic heterocycles. The first-order valence-corrected chi connectivity index (χ1v) is 10.4. The number of aromatic amines is 1. The molecule has 0 spiro atoms. The zero-order valence-electron chi connectivity index (χ0n) is 18.1. The van der Waals surface area contributed by atoms with Crippen LogP contribution in [0.15, 0.2) is 24.4 Å². The summed E-state index contributed by atoms with van der Waals surface area (Å²) in [7, 11) is 0. The number of H-pyrrole nitrogens is 1. The highest BCUT2D eigenvalue weighted by molar-refractivity contribution is 5.89. The Morgan fingerprint density at radius 3 is 2.94 bits per heavy atom. The molecule has 2 atom stereocenters. The monoisotopic (exact) mass is 422 g/mol. The van der Waals surface area contributed by atoms with Gasteiger partial charge in [-0.1, -0.05) is 0 Å². The molecule has 162 valence electrons. The minimum Gasteiger partial charge on any atom is -0.444 e. The van der Waals surface area contributed by atoms with Crippen LogP contribution in [0, 0.1) is 12.8 Å². The second kappa shape index (κ2) is 6.79. The minimum atomic E-state index is -0.526. The summed E-state index contributed by atoms with van der Waals surface area (Å²) < 4.78 is 5.45. The molecule has 2 fully saturated rings. The van der Waals surface area contributed by atoms with Gasteiger partial charge in [0.05, 0.1) is 10.9 Å². The molecule has 1 unspecified atom stereocenters. The van der Waals surface area contributed by atoms with Crippen molar-refractivity contribution in [3.63, 3.8) is 0 Å². The lowest BCUT2D eigenvalue weighted by molar-refractivity contribution is 0.0498. The van der Waals surface area contributed by atoms with E-state index in [2.05, 4.69) is 35.7 Å². The highest BCUT2D eigenvalue weighted by Crippen LogP contribution is 2.50. The Labute approximate surface area is 179 Å². The van der Waals surface area contributed by atoms with Crippen LogP contribution >= 0.6 is 0 Å². The number of hydrogen-bond donors (Lipinski definition) is 3. The first-order valence-electron chi connectivity index (χ1n) is 10.4. The summed E-state index contributed by atoms with van der Waals surface area (Å²) in [6, 6.07) is 5.70. The number of carbonyl (C=O) groups excluding carboxylic acids is 1. The number of pyridine rings is 1. The lowest BCUT2D eigenvalue weighted by atomic mass is 10.2. The van der Waals surface area contributed by atoms with E-state index < -0.39 is 5.60 Å². The number of rotatable bonds is 4. The number of aryl methyl sites for hydroxylation is 1. The maximum atomic E-state index is 12.3. The van der Waals surface area contributed by atoms with Crippen molar-refractivity contribution in [2.75, 3.05) is 23.3 Å². The average Bonchev–Trinajstić information content (AvgIpc) is 3.00. The molecule has 0 aromatic carbocycles. The van der Waals surface area contributed by atoms with Crippen molar-refractivity contribution in [2.24, 2.45) is 5.92 Å². The van der Waals surface area contributed by atoms with Gasteiger partial charge >= 0.3 is 6.09 Å². The fourth-order valence-corrected chi connectivity index (χ4v) is 4.13. The Hall–Kier alpha value is -3.43. The molecule has 1 aliphatic carbocycles. The van der Waals surface area contributed by atoms with E-state index in [9.17, 15) is 4.79 Å². The molecule has 1 saturated carbocycles. The van der Waals surface area contributed by atoms with E-state index in [1.807, 2.05) is 45.9 Å². The second-order valence-electron chi connectivity index (χ2n) is 9.37. The van der Waals surface area contributed by atoms with Crippen molar-refractivity contribution in [1.82, 2.24) is 30.5 Å². The highest BCUT2D eigenvalue weighted by atomic mass is 16.6. The number of nitrogens with one attached hydrogen (secondary N) is 3. The normalized spacial score (nSPS) is 22.3. The Bertz CT molecular complexity index is 1150. The molecule has 3 aromatic rings. The molecular weight excluding hydrogens is 396 g/mol. The molecule has 10 nitrogen and oxygen atoms in total. The largest absolute Gasteiger partial charge is 0.444 e. The third-order valence-electron chi connectivity index (χ3n) is 5.59. The van der Waals surface area contributed by atoms with Crippen LogP contribution in [0.5, 0.6) is 0 Å². The second-order valence-corrected chi connectivity index (χ2v) is 9.37. The highest BCUT2D eigenvalue weighted by Gasteiger charge is 2.62. The topological polar surface area (TPSA) is 121 Å². The number of piperidine rings is 1. The molecular formula is C21H26N8O2. The standard InChI is InChI=1S/C21H26N8O2/c1-12-8-15(28-27-12)23-17-14-6-5-7-22-16(14)24-18(25-17)29-10-13-9-21(13,11-29)26-19(30)31-20(2,3)4/h5-8,13H,9-11H2,1-4H3,(H,26,30)(H2,22,23,24,25,27,28)/t13?,21-/m1/s1. The Balaban J connectivity index is 1.39. The van der Waals surface area contributed by atoms with E-state index >= 15 is 0 Å². The van der Waals surface area contributed by atoms with Gasteiger partial charge in [0, 0.05) is 37.0 Å². The number of carbonyl (C=O) groups is 1. The molecule has 31 heavy (non-hydrogen) atoms. The quantitative estimate of drug-likeness (QED) is 0.587. The van der Waals surface area contributed by atoms with Gasteiger partial charge in [-0.05, 0) is 46.2 Å². The molecule has 3 N–H and O–H groups in total.